The Kier molecular flexibility index (Phi) is 7.47. The number of amides is 2. The molecule has 1 unspecified atom stereocenters. The minimum absolute atomic E-state index is 0.0238. The van der Waals surface area contributed by atoms with Crippen molar-refractivity contribution < 1.29 is 23.6 Å². The lowest BCUT2D eigenvalue weighted by atomic mass is 9.81. The molecule has 188 valence electrons. The summed E-state index contributed by atoms with van der Waals surface area (Å²) in [5.41, 5.74) is -0.654. The number of alkyl carbamates (subject to hydrolysis) is 1. The Bertz CT molecular complexity index is 863. The third kappa shape index (κ3) is 6.38. The quantitative estimate of drug-likeness (QED) is 0.620. The van der Waals surface area contributed by atoms with Crippen LogP contribution in [0.15, 0.2) is 12.4 Å². The largest absolute Gasteiger partial charge is 0.498 e. The summed E-state index contributed by atoms with van der Waals surface area (Å²) in [6.07, 6.45) is 4.41. The van der Waals surface area contributed by atoms with E-state index in [1.807, 2.05) is 27.7 Å². The smallest absolute Gasteiger partial charge is 0.444 e. The third-order valence-corrected chi connectivity index (χ3v) is 6.43. The number of anilines is 1. The van der Waals surface area contributed by atoms with E-state index in [0.29, 0.717) is 19.0 Å². The highest BCUT2D eigenvalue weighted by atomic mass is 16.7. The molecule has 3 heterocycles. The molecule has 3 rings (SSSR count). The third-order valence-electron chi connectivity index (χ3n) is 6.43. The molecule has 0 aromatic carbocycles. The second kappa shape index (κ2) is 9.69. The van der Waals surface area contributed by atoms with E-state index in [1.165, 1.54) is 0 Å². The van der Waals surface area contributed by atoms with Crippen LogP contribution in [0.3, 0.4) is 0 Å². The van der Waals surface area contributed by atoms with Crippen molar-refractivity contribution in [2.75, 3.05) is 18.0 Å². The predicted octanol–water partition coefficient (Wildman–Crippen LogP) is 1.77. The summed E-state index contributed by atoms with van der Waals surface area (Å²) in [7, 11) is -0.490. The first kappa shape index (κ1) is 26.2. The molecule has 2 saturated heterocycles. The standard InChI is InChI=1S/C23H38BN5O5/c1-15(27-20(31)32-21(2,3)4)18(30)28-17-9-11-29(12-10-17)19-25-13-16(14-26-19)24-33-22(5,6)23(7,8)34-24/h13-15,17H,9-12H2,1-8H3,(H,27,31)(H,28,30). The summed E-state index contributed by atoms with van der Waals surface area (Å²) in [6.45, 7) is 16.5. The summed E-state index contributed by atoms with van der Waals surface area (Å²) in [4.78, 5) is 35.5. The van der Waals surface area contributed by atoms with Gasteiger partial charge < -0.3 is 29.6 Å². The lowest BCUT2D eigenvalue weighted by molar-refractivity contribution is -0.123. The number of rotatable bonds is 5. The van der Waals surface area contributed by atoms with E-state index in [2.05, 4.69) is 25.5 Å². The Morgan fingerprint density at radius 1 is 1.12 bits per heavy atom. The van der Waals surface area contributed by atoms with Crippen molar-refractivity contribution in [3.05, 3.63) is 12.4 Å². The number of carbonyl (C=O) groups is 2. The number of aromatic nitrogens is 2. The topological polar surface area (TPSA) is 115 Å². The van der Waals surface area contributed by atoms with Gasteiger partial charge in [0.1, 0.15) is 11.6 Å². The van der Waals surface area contributed by atoms with Gasteiger partial charge in [-0.15, -0.1) is 0 Å². The fraction of sp³-hybridized carbons (Fsp3) is 0.739. The van der Waals surface area contributed by atoms with Crippen LogP contribution in [0.1, 0.15) is 68.2 Å². The second-order valence-corrected chi connectivity index (χ2v) is 11.0. The van der Waals surface area contributed by atoms with Gasteiger partial charge in [0.15, 0.2) is 0 Å². The van der Waals surface area contributed by atoms with E-state index in [9.17, 15) is 9.59 Å². The van der Waals surface area contributed by atoms with E-state index >= 15 is 0 Å². The molecule has 10 nitrogen and oxygen atoms in total. The molecular formula is C23H38BN5O5. The maximum absolute atomic E-state index is 12.5. The second-order valence-electron chi connectivity index (χ2n) is 11.0. The summed E-state index contributed by atoms with van der Waals surface area (Å²) in [5.74, 6) is 0.414. The van der Waals surface area contributed by atoms with E-state index in [4.69, 9.17) is 14.0 Å². The maximum atomic E-state index is 12.5. The molecule has 2 aliphatic heterocycles. The van der Waals surface area contributed by atoms with Crippen LogP contribution in [0, 0.1) is 0 Å². The van der Waals surface area contributed by atoms with Gasteiger partial charge in [0.05, 0.1) is 11.2 Å². The van der Waals surface area contributed by atoms with Crippen LogP contribution in [-0.4, -0.2) is 71.1 Å². The molecule has 2 N–H and O–H groups in total. The number of piperidine rings is 1. The monoisotopic (exact) mass is 475 g/mol. The van der Waals surface area contributed by atoms with Crippen LogP contribution in [-0.2, 0) is 18.8 Å². The van der Waals surface area contributed by atoms with Gasteiger partial charge in [-0.05, 0) is 68.2 Å². The van der Waals surface area contributed by atoms with Crippen LogP contribution < -0.4 is 21.0 Å². The van der Waals surface area contributed by atoms with Crippen LogP contribution in [0.4, 0.5) is 10.7 Å². The summed E-state index contributed by atoms with van der Waals surface area (Å²) in [5, 5.41) is 5.59. The molecule has 2 amide bonds. The van der Waals surface area contributed by atoms with Gasteiger partial charge in [-0.3, -0.25) is 4.79 Å². The highest BCUT2D eigenvalue weighted by molar-refractivity contribution is 6.61. The van der Waals surface area contributed by atoms with Crippen molar-refractivity contribution in [3.63, 3.8) is 0 Å². The lowest BCUT2D eigenvalue weighted by Crippen LogP contribution is -2.51. The van der Waals surface area contributed by atoms with Gasteiger partial charge in [0.25, 0.3) is 0 Å². The number of ether oxygens (including phenoxy) is 1. The minimum atomic E-state index is -0.682. The van der Waals surface area contributed by atoms with E-state index in [1.54, 1.807) is 40.1 Å². The summed E-state index contributed by atoms with van der Waals surface area (Å²) in [6, 6.07) is -0.658. The van der Waals surface area contributed by atoms with Gasteiger partial charge in [-0.1, -0.05) is 0 Å². The molecule has 0 bridgehead atoms. The molecule has 0 spiro atoms. The van der Waals surface area contributed by atoms with Crippen molar-refractivity contribution in [2.45, 2.75) is 97.1 Å². The molecule has 0 aliphatic carbocycles. The normalized spacial score (nSPS) is 21.2. The van der Waals surface area contributed by atoms with E-state index in [0.717, 1.165) is 18.3 Å². The minimum Gasteiger partial charge on any atom is -0.444 e. The van der Waals surface area contributed by atoms with Gasteiger partial charge >= 0.3 is 13.2 Å². The number of nitrogens with one attached hydrogen (secondary N) is 2. The Labute approximate surface area is 202 Å². The van der Waals surface area contributed by atoms with Crippen molar-refractivity contribution in [1.82, 2.24) is 20.6 Å². The molecule has 2 aliphatic rings. The molecule has 1 aromatic rings. The Hall–Kier alpha value is -2.40. The highest BCUT2D eigenvalue weighted by Gasteiger charge is 2.52. The van der Waals surface area contributed by atoms with Crippen molar-refractivity contribution >= 4 is 30.5 Å². The first-order chi connectivity index (χ1) is 15.7. The number of nitrogens with zero attached hydrogens (tertiary/aromatic N) is 3. The van der Waals surface area contributed by atoms with Crippen LogP contribution >= 0.6 is 0 Å². The van der Waals surface area contributed by atoms with Crippen LogP contribution in [0.2, 0.25) is 0 Å². The number of hydrogen-bond acceptors (Lipinski definition) is 8. The number of hydrogen-bond donors (Lipinski definition) is 2. The average Bonchev–Trinajstić information content (AvgIpc) is 2.94. The average molecular weight is 475 g/mol. The first-order valence-electron chi connectivity index (χ1n) is 11.9. The van der Waals surface area contributed by atoms with Gasteiger partial charge in [-0.2, -0.15) is 0 Å². The predicted molar refractivity (Wildman–Crippen MR) is 130 cm³/mol. The van der Waals surface area contributed by atoms with E-state index in [-0.39, 0.29) is 11.9 Å². The molecule has 1 aromatic heterocycles. The van der Waals surface area contributed by atoms with Crippen molar-refractivity contribution in [1.29, 1.82) is 0 Å². The molecule has 1 atom stereocenters. The van der Waals surface area contributed by atoms with Crippen molar-refractivity contribution in [2.24, 2.45) is 0 Å². The highest BCUT2D eigenvalue weighted by Crippen LogP contribution is 2.36. The summed E-state index contributed by atoms with van der Waals surface area (Å²) >= 11 is 0. The van der Waals surface area contributed by atoms with Crippen molar-refractivity contribution in [3.8, 4) is 0 Å². The molecule has 34 heavy (non-hydrogen) atoms. The van der Waals surface area contributed by atoms with E-state index < -0.39 is 36.1 Å². The molecule has 2 fully saturated rings. The Balaban J connectivity index is 1.47. The zero-order valence-corrected chi connectivity index (χ0v) is 21.6. The zero-order chi connectivity index (χ0) is 25.3. The van der Waals surface area contributed by atoms with Gasteiger partial charge in [0.2, 0.25) is 11.9 Å². The Morgan fingerprint density at radius 3 is 2.15 bits per heavy atom. The molecule has 0 radical (unpaired) electrons. The fourth-order valence-corrected chi connectivity index (χ4v) is 3.70. The van der Waals surface area contributed by atoms with Gasteiger partial charge in [0, 0.05) is 37.0 Å². The number of carbonyl (C=O) groups excluding carboxylic acids is 2. The van der Waals surface area contributed by atoms with Crippen LogP contribution in [0.25, 0.3) is 0 Å². The molecular weight excluding hydrogens is 437 g/mol. The zero-order valence-electron chi connectivity index (χ0n) is 21.6. The Morgan fingerprint density at radius 2 is 1.65 bits per heavy atom. The SMILES string of the molecule is CC(NC(=O)OC(C)(C)C)C(=O)NC1CCN(c2ncc(B3OC(C)(C)C(C)(C)O3)cn2)CC1. The fourth-order valence-electron chi connectivity index (χ4n) is 3.70. The van der Waals surface area contributed by atoms with Gasteiger partial charge in [-0.25, -0.2) is 14.8 Å². The molecule has 11 heteroatoms. The summed E-state index contributed by atoms with van der Waals surface area (Å²) < 4.78 is 17.3. The first-order valence-corrected chi connectivity index (χ1v) is 11.9. The lowest BCUT2D eigenvalue weighted by Gasteiger charge is -2.33. The maximum Gasteiger partial charge on any atom is 0.498 e. The van der Waals surface area contributed by atoms with Crippen LogP contribution in [0.5, 0.6) is 0 Å². The molecule has 0 saturated carbocycles.